The Morgan fingerprint density at radius 3 is 2.26 bits per heavy atom. The second kappa shape index (κ2) is 11.2. The standard InChI is InChI=1S/C25H24ClN3O5S/c1-17-4-11-22(14-18(17)2)29(35(32,33)23-12-9-21(26)10-13-23)16-24(30)28-27-15-19-5-7-20(8-6-19)25(31)34-3/h4-15H,16H2,1-3H3,(H,28,30)/b27-15-. The fourth-order valence-corrected chi connectivity index (χ4v) is 4.64. The molecule has 0 aromatic heterocycles. The molecule has 0 aliphatic carbocycles. The molecule has 8 nitrogen and oxygen atoms in total. The van der Waals surface area contributed by atoms with E-state index in [0.29, 0.717) is 21.8 Å². The third-order valence-electron chi connectivity index (χ3n) is 5.20. The molecule has 0 atom stereocenters. The van der Waals surface area contributed by atoms with Crippen LogP contribution in [-0.2, 0) is 19.6 Å². The fourth-order valence-electron chi connectivity index (χ4n) is 3.10. The fraction of sp³-hybridized carbons (Fsp3) is 0.160. The van der Waals surface area contributed by atoms with Gasteiger partial charge in [-0.15, -0.1) is 0 Å². The molecule has 0 aliphatic rings. The molecule has 0 fully saturated rings. The summed E-state index contributed by atoms with van der Waals surface area (Å²) in [4.78, 5) is 24.2. The van der Waals surface area contributed by atoms with Crippen LogP contribution in [-0.4, -0.2) is 40.2 Å². The molecule has 10 heteroatoms. The number of benzene rings is 3. The summed E-state index contributed by atoms with van der Waals surface area (Å²) in [6, 6.07) is 17.3. The molecular weight excluding hydrogens is 490 g/mol. The predicted octanol–water partition coefficient (Wildman–Crippen LogP) is 4.09. The number of halogens is 1. The Labute approximate surface area is 209 Å². The molecule has 1 N–H and O–H groups in total. The number of anilines is 1. The number of nitrogens with one attached hydrogen (secondary N) is 1. The van der Waals surface area contributed by atoms with Crippen LogP contribution < -0.4 is 9.73 Å². The smallest absolute Gasteiger partial charge is 0.337 e. The van der Waals surface area contributed by atoms with Crippen molar-refractivity contribution in [2.24, 2.45) is 5.10 Å². The summed E-state index contributed by atoms with van der Waals surface area (Å²) in [7, 11) is -2.78. The van der Waals surface area contributed by atoms with E-state index in [4.69, 9.17) is 11.6 Å². The summed E-state index contributed by atoms with van der Waals surface area (Å²) in [5.41, 5.74) is 5.57. The molecule has 1 amide bonds. The van der Waals surface area contributed by atoms with Crippen molar-refractivity contribution in [3.05, 3.63) is 94.0 Å². The predicted molar refractivity (Wildman–Crippen MR) is 135 cm³/mol. The molecule has 182 valence electrons. The Hall–Kier alpha value is -3.69. The monoisotopic (exact) mass is 513 g/mol. The highest BCUT2D eigenvalue weighted by atomic mass is 35.5. The highest BCUT2D eigenvalue weighted by molar-refractivity contribution is 7.92. The lowest BCUT2D eigenvalue weighted by atomic mass is 10.1. The summed E-state index contributed by atoms with van der Waals surface area (Å²) >= 11 is 5.91. The quantitative estimate of drug-likeness (QED) is 0.277. The first kappa shape index (κ1) is 25.9. The Bertz CT molecular complexity index is 1350. The highest BCUT2D eigenvalue weighted by Crippen LogP contribution is 2.26. The van der Waals surface area contributed by atoms with Crippen molar-refractivity contribution in [3.63, 3.8) is 0 Å². The van der Waals surface area contributed by atoms with Crippen LogP contribution in [0.1, 0.15) is 27.0 Å². The summed E-state index contributed by atoms with van der Waals surface area (Å²) in [5, 5.41) is 4.30. The van der Waals surface area contributed by atoms with E-state index in [0.717, 1.165) is 15.4 Å². The molecule has 0 bridgehead atoms. The number of hydrogen-bond donors (Lipinski definition) is 1. The van der Waals surface area contributed by atoms with Crippen molar-refractivity contribution >= 4 is 45.4 Å². The van der Waals surface area contributed by atoms with Crippen LogP contribution in [0.5, 0.6) is 0 Å². The van der Waals surface area contributed by atoms with Crippen molar-refractivity contribution in [1.82, 2.24) is 5.43 Å². The van der Waals surface area contributed by atoms with Gasteiger partial charge in [0.2, 0.25) is 0 Å². The van der Waals surface area contributed by atoms with Crippen molar-refractivity contribution in [2.75, 3.05) is 18.0 Å². The summed E-state index contributed by atoms with van der Waals surface area (Å²) < 4.78 is 32.5. The van der Waals surface area contributed by atoms with E-state index in [1.807, 2.05) is 13.8 Å². The number of hydrogen-bond acceptors (Lipinski definition) is 6. The van der Waals surface area contributed by atoms with Crippen LogP contribution in [0, 0.1) is 13.8 Å². The summed E-state index contributed by atoms with van der Waals surface area (Å²) in [5.74, 6) is -1.10. The molecule has 3 aromatic rings. The zero-order valence-electron chi connectivity index (χ0n) is 19.4. The van der Waals surface area contributed by atoms with E-state index in [9.17, 15) is 18.0 Å². The molecule has 0 spiro atoms. The minimum Gasteiger partial charge on any atom is -0.465 e. The number of rotatable bonds is 8. The van der Waals surface area contributed by atoms with E-state index < -0.39 is 28.4 Å². The lowest BCUT2D eigenvalue weighted by Gasteiger charge is -2.24. The SMILES string of the molecule is COC(=O)c1ccc(/C=N\NC(=O)CN(c2ccc(C)c(C)c2)S(=O)(=O)c2ccc(Cl)cc2)cc1. The molecule has 0 saturated carbocycles. The van der Waals surface area contributed by atoms with Gasteiger partial charge in [0.1, 0.15) is 6.54 Å². The number of ether oxygens (including phenoxy) is 1. The topological polar surface area (TPSA) is 105 Å². The first-order valence-electron chi connectivity index (χ1n) is 10.5. The van der Waals surface area contributed by atoms with Crippen molar-refractivity contribution in [1.29, 1.82) is 0 Å². The molecule has 0 radical (unpaired) electrons. The number of carbonyl (C=O) groups is 2. The van der Waals surface area contributed by atoms with Crippen molar-refractivity contribution in [3.8, 4) is 0 Å². The minimum absolute atomic E-state index is 0.00197. The van der Waals surface area contributed by atoms with Gasteiger partial charge in [0.15, 0.2) is 0 Å². The van der Waals surface area contributed by atoms with Crippen LogP contribution >= 0.6 is 11.6 Å². The Morgan fingerprint density at radius 1 is 1.00 bits per heavy atom. The third-order valence-corrected chi connectivity index (χ3v) is 7.24. The molecule has 3 rings (SSSR count). The van der Waals surface area contributed by atoms with Crippen molar-refractivity contribution < 1.29 is 22.7 Å². The number of sulfonamides is 1. The van der Waals surface area contributed by atoms with Crippen molar-refractivity contribution in [2.45, 2.75) is 18.7 Å². The number of amides is 1. The molecule has 35 heavy (non-hydrogen) atoms. The van der Waals surface area contributed by atoms with Gasteiger partial charge in [0, 0.05) is 5.02 Å². The lowest BCUT2D eigenvalue weighted by Crippen LogP contribution is -2.39. The van der Waals surface area contributed by atoms with Gasteiger partial charge in [-0.1, -0.05) is 29.8 Å². The zero-order valence-corrected chi connectivity index (χ0v) is 20.9. The van der Waals surface area contributed by atoms with E-state index in [2.05, 4.69) is 15.3 Å². The number of aryl methyl sites for hydroxylation is 2. The van der Waals surface area contributed by atoms with E-state index in [-0.39, 0.29) is 4.90 Å². The average Bonchev–Trinajstić information content (AvgIpc) is 2.84. The largest absolute Gasteiger partial charge is 0.465 e. The van der Waals surface area contributed by atoms with Crippen LogP contribution in [0.3, 0.4) is 0 Å². The van der Waals surface area contributed by atoms with Gasteiger partial charge < -0.3 is 4.74 Å². The van der Waals surface area contributed by atoms with Gasteiger partial charge in [-0.25, -0.2) is 18.6 Å². The van der Waals surface area contributed by atoms with E-state index in [1.54, 1.807) is 42.5 Å². The summed E-state index contributed by atoms with van der Waals surface area (Å²) in [6.07, 6.45) is 1.38. The maximum absolute atomic E-state index is 13.4. The molecule has 0 saturated heterocycles. The lowest BCUT2D eigenvalue weighted by molar-refractivity contribution is -0.119. The number of nitrogens with zero attached hydrogens (tertiary/aromatic N) is 2. The molecule has 3 aromatic carbocycles. The molecule has 0 aliphatic heterocycles. The van der Waals surface area contributed by atoms with E-state index in [1.165, 1.54) is 37.6 Å². The number of esters is 1. The zero-order chi connectivity index (χ0) is 25.6. The number of hydrazone groups is 1. The number of carbonyl (C=O) groups excluding carboxylic acids is 2. The van der Waals surface area contributed by atoms with Crippen LogP contribution in [0.25, 0.3) is 0 Å². The van der Waals surface area contributed by atoms with Gasteiger partial charge in [-0.3, -0.25) is 9.10 Å². The third kappa shape index (κ3) is 6.46. The normalized spacial score (nSPS) is 11.3. The minimum atomic E-state index is -4.07. The summed E-state index contributed by atoms with van der Waals surface area (Å²) in [6.45, 7) is 3.28. The maximum atomic E-state index is 13.4. The average molecular weight is 514 g/mol. The van der Waals surface area contributed by atoms with Crippen LogP contribution in [0.15, 0.2) is 76.7 Å². The highest BCUT2D eigenvalue weighted by Gasteiger charge is 2.27. The van der Waals surface area contributed by atoms with E-state index >= 15 is 0 Å². The molecule has 0 heterocycles. The van der Waals surface area contributed by atoms with Crippen LogP contribution in [0.4, 0.5) is 5.69 Å². The van der Waals surface area contributed by atoms with Crippen LogP contribution in [0.2, 0.25) is 5.02 Å². The molecule has 0 unspecified atom stereocenters. The Morgan fingerprint density at radius 2 is 1.66 bits per heavy atom. The Kier molecular flexibility index (Phi) is 8.26. The van der Waals surface area contributed by atoms with Gasteiger partial charge in [-0.05, 0) is 79.1 Å². The first-order chi connectivity index (χ1) is 16.6. The number of methoxy groups -OCH3 is 1. The van der Waals surface area contributed by atoms with Gasteiger partial charge in [0.25, 0.3) is 15.9 Å². The second-order valence-corrected chi connectivity index (χ2v) is 9.94. The van der Waals surface area contributed by atoms with Gasteiger partial charge in [-0.2, -0.15) is 5.10 Å². The molecular formula is C25H24ClN3O5S. The maximum Gasteiger partial charge on any atom is 0.337 e. The second-order valence-electron chi connectivity index (χ2n) is 7.64. The van der Waals surface area contributed by atoms with Gasteiger partial charge >= 0.3 is 5.97 Å². The van der Waals surface area contributed by atoms with Gasteiger partial charge in [0.05, 0.1) is 29.5 Å². The first-order valence-corrected chi connectivity index (χ1v) is 12.3. The Balaban J connectivity index is 1.81.